The van der Waals surface area contributed by atoms with Gasteiger partial charge in [-0.15, -0.1) is 0 Å². The molecule has 0 fully saturated rings. The minimum Gasteiger partial charge on any atom is -0.461 e. The second kappa shape index (κ2) is 16.8. The molecule has 0 heterocycles. The summed E-state index contributed by atoms with van der Waals surface area (Å²) in [5, 5.41) is 5.63. The Bertz CT molecular complexity index is 1590. The van der Waals surface area contributed by atoms with Crippen molar-refractivity contribution >= 4 is 29.7 Å². The number of rotatable bonds is 13. The Labute approximate surface area is 261 Å². The molecule has 10 nitrogen and oxygen atoms in total. The Morgan fingerprint density at radius 1 is 0.689 bits per heavy atom. The molecule has 0 bridgehead atoms. The zero-order valence-corrected chi connectivity index (χ0v) is 24.6. The summed E-state index contributed by atoms with van der Waals surface area (Å²) >= 11 is 0. The van der Waals surface area contributed by atoms with Crippen LogP contribution in [0.15, 0.2) is 120 Å². The first-order chi connectivity index (χ1) is 21.9. The van der Waals surface area contributed by atoms with Gasteiger partial charge in [0.1, 0.15) is 19.0 Å². The van der Waals surface area contributed by atoms with Gasteiger partial charge in [-0.25, -0.2) is 4.79 Å². The van der Waals surface area contributed by atoms with Gasteiger partial charge in [0.2, 0.25) is 5.91 Å². The molecule has 0 radical (unpaired) electrons. The molecule has 4 rings (SSSR count). The number of nitrogens with two attached hydrogens (primary N) is 1. The number of amidine groups is 1. The molecule has 0 saturated heterocycles. The molecular weight excluding hydrogens is 572 g/mol. The van der Waals surface area contributed by atoms with E-state index >= 15 is 0 Å². The van der Waals surface area contributed by atoms with Gasteiger partial charge in [0.25, 0.3) is 5.91 Å². The number of nitrogens with one attached hydrogen (secondary N) is 2. The van der Waals surface area contributed by atoms with Gasteiger partial charge in [0.05, 0.1) is 18.9 Å². The molecule has 4 N–H and O–H groups in total. The van der Waals surface area contributed by atoms with Gasteiger partial charge < -0.3 is 25.8 Å². The number of hydrogen-bond donors (Lipinski definition) is 3. The summed E-state index contributed by atoms with van der Waals surface area (Å²) in [5.41, 5.74) is 9.17. The van der Waals surface area contributed by atoms with Crippen LogP contribution in [0.2, 0.25) is 0 Å². The lowest BCUT2D eigenvalue weighted by atomic mass is 10.0. The number of esters is 1. The van der Waals surface area contributed by atoms with Crippen LogP contribution in [0, 0.1) is 0 Å². The van der Waals surface area contributed by atoms with Crippen LogP contribution in [-0.4, -0.2) is 36.3 Å². The van der Waals surface area contributed by atoms with Crippen LogP contribution < -0.4 is 16.4 Å². The average molecular weight is 607 g/mol. The lowest BCUT2D eigenvalue weighted by Gasteiger charge is -2.19. The molecule has 1 atom stereocenters. The molecule has 3 amide bonds. The fraction of sp³-hybridized carbons (Fsp3) is 0.171. The number of carbonyl (C=O) groups excluding carboxylic acids is 4. The van der Waals surface area contributed by atoms with Gasteiger partial charge in [-0.3, -0.25) is 14.4 Å². The third-order valence-corrected chi connectivity index (χ3v) is 6.65. The largest absolute Gasteiger partial charge is 0.461 e. The van der Waals surface area contributed by atoms with Gasteiger partial charge in [0, 0.05) is 17.7 Å². The van der Waals surface area contributed by atoms with Gasteiger partial charge in [-0.1, -0.05) is 103 Å². The lowest BCUT2D eigenvalue weighted by molar-refractivity contribution is -0.144. The van der Waals surface area contributed by atoms with Gasteiger partial charge in [-0.2, -0.15) is 4.99 Å². The Balaban J connectivity index is 1.29. The molecule has 0 spiro atoms. The molecule has 0 saturated carbocycles. The summed E-state index contributed by atoms with van der Waals surface area (Å²) in [6, 6.07) is 33.2. The molecule has 0 aliphatic heterocycles. The lowest BCUT2D eigenvalue weighted by Crippen LogP contribution is -2.34. The Morgan fingerprint density at radius 2 is 1.22 bits per heavy atom. The van der Waals surface area contributed by atoms with Crippen molar-refractivity contribution < 1.29 is 28.7 Å². The van der Waals surface area contributed by atoms with Gasteiger partial charge in [0.15, 0.2) is 0 Å². The molecule has 4 aromatic rings. The normalized spacial score (nSPS) is 11.6. The first-order valence-electron chi connectivity index (χ1n) is 14.3. The van der Waals surface area contributed by atoms with Crippen molar-refractivity contribution in [2.24, 2.45) is 10.7 Å². The first-order valence-corrected chi connectivity index (χ1v) is 14.3. The van der Waals surface area contributed by atoms with Crippen LogP contribution in [0.25, 0.3) is 0 Å². The number of hydrogen-bond acceptors (Lipinski definition) is 6. The molecule has 10 heteroatoms. The molecule has 4 aromatic carbocycles. The Kier molecular flexibility index (Phi) is 12.0. The van der Waals surface area contributed by atoms with E-state index in [4.69, 9.17) is 15.2 Å². The van der Waals surface area contributed by atoms with Crippen molar-refractivity contribution in [2.75, 3.05) is 6.54 Å². The summed E-state index contributed by atoms with van der Waals surface area (Å²) in [7, 11) is 0. The van der Waals surface area contributed by atoms with Gasteiger partial charge >= 0.3 is 12.1 Å². The van der Waals surface area contributed by atoms with Gasteiger partial charge in [-0.05, 0) is 28.8 Å². The standard InChI is InChI=1S/C35H34N4O6/c36-33(39-35(43)45-24-26-12-6-2-7-13-26)28-16-18-29(19-17-28)34(42)38-30(27-14-8-3-9-15-27)22-31(40)37-21-20-32(41)44-23-25-10-4-1-5-11-25/h1-19,30H,20-24H2,(H,37,40)(H,38,42)(H2,36,39,43)/t30-/m0/s1. The summed E-state index contributed by atoms with van der Waals surface area (Å²) < 4.78 is 10.4. The summed E-state index contributed by atoms with van der Waals surface area (Å²) in [5.74, 6) is -1.22. The van der Waals surface area contributed by atoms with Crippen LogP contribution in [0.5, 0.6) is 0 Å². The molecule has 0 aliphatic carbocycles. The van der Waals surface area contributed by atoms with Crippen molar-refractivity contribution in [3.8, 4) is 0 Å². The highest BCUT2D eigenvalue weighted by Gasteiger charge is 2.20. The number of benzene rings is 4. The van der Waals surface area contributed by atoms with E-state index in [1.807, 2.05) is 91.0 Å². The van der Waals surface area contributed by atoms with Crippen molar-refractivity contribution in [3.05, 3.63) is 143 Å². The number of amides is 3. The van der Waals surface area contributed by atoms with Crippen molar-refractivity contribution in [1.29, 1.82) is 0 Å². The molecule has 0 aromatic heterocycles. The monoisotopic (exact) mass is 606 g/mol. The zero-order chi connectivity index (χ0) is 31.9. The van der Waals surface area contributed by atoms with Crippen molar-refractivity contribution in [3.63, 3.8) is 0 Å². The van der Waals surface area contributed by atoms with E-state index in [2.05, 4.69) is 15.6 Å². The average Bonchev–Trinajstić information content (AvgIpc) is 3.07. The fourth-order valence-electron chi connectivity index (χ4n) is 4.26. The number of carbonyl (C=O) groups is 4. The number of nitrogens with zero attached hydrogens (tertiary/aromatic N) is 1. The smallest absolute Gasteiger partial charge is 0.435 e. The van der Waals surface area contributed by atoms with Crippen molar-refractivity contribution in [2.45, 2.75) is 32.1 Å². The molecule has 0 aliphatic rings. The minimum atomic E-state index is -0.828. The highest BCUT2D eigenvalue weighted by molar-refractivity contribution is 6.03. The fourth-order valence-corrected chi connectivity index (χ4v) is 4.26. The maximum absolute atomic E-state index is 13.1. The second-order valence-electron chi connectivity index (χ2n) is 10.0. The first kappa shape index (κ1) is 32.2. The van der Waals surface area contributed by atoms with E-state index in [-0.39, 0.29) is 44.3 Å². The Morgan fingerprint density at radius 3 is 1.82 bits per heavy atom. The maximum Gasteiger partial charge on any atom is 0.435 e. The SMILES string of the molecule is NC(=NC(=O)OCc1ccccc1)c1ccc(C(=O)N[C@@H](CC(=O)NCCC(=O)OCc2ccccc2)c2ccccc2)cc1. The second-order valence-corrected chi connectivity index (χ2v) is 10.0. The Hall–Kier alpha value is -5.77. The number of aliphatic imine (C=N–C) groups is 1. The third kappa shape index (κ3) is 10.8. The molecule has 0 unspecified atom stereocenters. The summed E-state index contributed by atoms with van der Waals surface area (Å²) in [6.45, 7) is 0.334. The van der Waals surface area contributed by atoms with Crippen LogP contribution in [0.4, 0.5) is 4.79 Å². The van der Waals surface area contributed by atoms with E-state index in [0.717, 1.165) is 16.7 Å². The summed E-state index contributed by atoms with van der Waals surface area (Å²) in [6.07, 6.45) is -0.853. The molecular formula is C35H34N4O6. The van der Waals surface area contributed by atoms with E-state index in [0.29, 0.717) is 11.1 Å². The van der Waals surface area contributed by atoms with Crippen molar-refractivity contribution in [1.82, 2.24) is 10.6 Å². The highest BCUT2D eigenvalue weighted by Crippen LogP contribution is 2.18. The minimum absolute atomic E-state index is 0.0183. The van der Waals surface area contributed by atoms with E-state index in [1.54, 1.807) is 24.3 Å². The van der Waals surface area contributed by atoms with E-state index in [1.165, 1.54) is 0 Å². The predicted octanol–water partition coefficient (Wildman–Crippen LogP) is 4.84. The predicted molar refractivity (Wildman–Crippen MR) is 169 cm³/mol. The van der Waals surface area contributed by atoms with Crippen LogP contribution in [-0.2, 0) is 32.3 Å². The third-order valence-electron chi connectivity index (χ3n) is 6.65. The van der Waals surface area contributed by atoms with Crippen LogP contribution >= 0.6 is 0 Å². The van der Waals surface area contributed by atoms with Crippen LogP contribution in [0.3, 0.4) is 0 Å². The zero-order valence-electron chi connectivity index (χ0n) is 24.6. The maximum atomic E-state index is 13.1. The number of ether oxygens (including phenoxy) is 2. The topological polar surface area (TPSA) is 149 Å². The van der Waals surface area contributed by atoms with E-state index in [9.17, 15) is 19.2 Å². The van der Waals surface area contributed by atoms with E-state index < -0.39 is 24.0 Å². The van der Waals surface area contributed by atoms with Crippen LogP contribution in [0.1, 0.15) is 51.5 Å². The molecule has 45 heavy (non-hydrogen) atoms. The quantitative estimate of drug-likeness (QED) is 0.112. The molecule has 230 valence electrons. The summed E-state index contributed by atoms with van der Waals surface area (Å²) in [4.78, 5) is 53.8. The highest BCUT2D eigenvalue weighted by atomic mass is 16.5.